The average molecular weight is 186 g/mol. The SMILES string of the molecule is N#CCc1ccc2c(c1)NC(=O)CC2. The van der Waals surface area contributed by atoms with Crippen LogP contribution in [0, 0.1) is 11.3 Å². The van der Waals surface area contributed by atoms with Crippen LogP contribution in [-0.2, 0) is 17.6 Å². The summed E-state index contributed by atoms with van der Waals surface area (Å²) >= 11 is 0. The van der Waals surface area contributed by atoms with Gasteiger partial charge in [-0.05, 0) is 23.6 Å². The Morgan fingerprint density at radius 2 is 2.29 bits per heavy atom. The smallest absolute Gasteiger partial charge is 0.224 e. The molecule has 14 heavy (non-hydrogen) atoms. The van der Waals surface area contributed by atoms with Crippen LogP contribution < -0.4 is 5.32 Å². The van der Waals surface area contributed by atoms with Gasteiger partial charge in [0.1, 0.15) is 0 Å². The van der Waals surface area contributed by atoms with Gasteiger partial charge in [-0.25, -0.2) is 0 Å². The van der Waals surface area contributed by atoms with Gasteiger partial charge in [-0.1, -0.05) is 12.1 Å². The van der Waals surface area contributed by atoms with Gasteiger partial charge in [0, 0.05) is 12.1 Å². The molecule has 0 bridgehead atoms. The molecule has 0 unspecified atom stereocenters. The first-order chi connectivity index (χ1) is 6.79. The molecule has 1 aromatic carbocycles. The second kappa shape index (κ2) is 3.51. The number of benzene rings is 1. The molecule has 70 valence electrons. The number of hydrogen-bond donors (Lipinski definition) is 1. The summed E-state index contributed by atoms with van der Waals surface area (Å²) in [5, 5.41) is 11.3. The van der Waals surface area contributed by atoms with Crippen LogP contribution in [0.4, 0.5) is 5.69 Å². The van der Waals surface area contributed by atoms with Crippen molar-refractivity contribution in [3.8, 4) is 6.07 Å². The molecule has 3 nitrogen and oxygen atoms in total. The summed E-state index contributed by atoms with van der Waals surface area (Å²) in [6.07, 6.45) is 1.75. The third-order valence-electron chi connectivity index (χ3n) is 2.35. The minimum absolute atomic E-state index is 0.0617. The Morgan fingerprint density at radius 1 is 1.43 bits per heavy atom. The van der Waals surface area contributed by atoms with E-state index >= 15 is 0 Å². The molecule has 1 heterocycles. The first-order valence-electron chi connectivity index (χ1n) is 4.58. The van der Waals surface area contributed by atoms with E-state index in [4.69, 9.17) is 5.26 Å². The second-order valence-electron chi connectivity index (χ2n) is 3.37. The fraction of sp³-hybridized carbons (Fsp3) is 0.273. The molecule has 0 aliphatic carbocycles. The maximum Gasteiger partial charge on any atom is 0.224 e. The molecule has 0 spiro atoms. The van der Waals surface area contributed by atoms with Crippen LogP contribution in [0.2, 0.25) is 0 Å². The van der Waals surface area contributed by atoms with E-state index in [1.807, 2.05) is 18.2 Å². The first-order valence-corrected chi connectivity index (χ1v) is 4.58. The molecule has 1 aliphatic rings. The van der Waals surface area contributed by atoms with Crippen molar-refractivity contribution in [2.75, 3.05) is 5.32 Å². The average Bonchev–Trinajstić information content (AvgIpc) is 2.17. The summed E-state index contributed by atoms with van der Waals surface area (Å²) in [5.74, 6) is 0.0617. The van der Waals surface area contributed by atoms with E-state index in [-0.39, 0.29) is 5.91 Å². The lowest BCUT2D eigenvalue weighted by atomic mass is 10.00. The molecule has 1 aromatic rings. The van der Waals surface area contributed by atoms with Crippen molar-refractivity contribution in [2.24, 2.45) is 0 Å². The van der Waals surface area contributed by atoms with Crippen molar-refractivity contribution in [3.05, 3.63) is 29.3 Å². The lowest BCUT2D eigenvalue weighted by Gasteiger charge is -2.16. The molecule has 0 saturated heterocycles. The monoisotopic (exact) mass is 186 g/mol. The van der Waals surface area contributed by atoms with Gasteiger partial charge in [0.2, 0.25) is 5.91 Å². The summed E-state index contributed by atoms with van der Waals surface area (Å²) in [5.41, 5.74) is 2.98. The van der Waals surface area contributed by atoms with Crippen molar-refractivity contribution in [1.82, 2.24) is 0 Å². The molecule has 0 atom stereocenters. The molecule has 3 heteroatoms. The van der Waals surface area contributed by atoms with Gasteiger partial charge >= 0.3 is 0 Å². The van der Waals surface area contributed by atoms with Gasteiger partial charge in [0.25, 0.3) is 0 Å². The lowest BCUT2D eigenvalue weighted by Crippen LogP contribution is -2.18. The topological polar surface area (TPSA) is 52.9 Å². The largest absolute Gasteiger partial charge is 0.326 e. The van der Waals surface area contributed by atoms with Crippen molar-refractivity contribution in [1.29, 1.82) is 5.26 Å². The van der Waals surface area contributed by atoms with Gasteiger partial charge in [0.15, 0.2) is 0 Å². The predicted octanol–water partition coefficient (Wildman–Crippen LogP) is 1.64. The number of hydrogen-bond acceptors (Lipinski definition) is 2. The Kier molecular flexibility index (Phi) is 2.19. The standard InChI is InChI=1S/C11H10N2O/c12-6-5-8-1-2-9-3-4-11(14)13-10(9)7-8/h1-2,7H,3-5H2,(H,13,14). The number of aryl methyl sites for hydroxylation is 1. The number of rotatable bonds is 1. The Bertz CT molecular complexity index is 418. The highest BCUT2D eigenvalue weighted by atomic mass is 16.1. The van der Waals surface area contributed by atoms with E-state index in [0.717, 1.165) is 23.2 Å². The normalized spacial score (nSPS) is 14.1. The van der Waals surface area contributed by atoms with E-state index in [0.29, 0.717) is 12.8 Å². The molecule has 2 rings (SSSR count). The van der Waals surface area contributed by atoms with Crippen molar-refractivity contribution in [2.45, 2.75) is 19.3 Å². The molecule has 0 fully saturated rings. The number of nitrogens with one attached hydrogen (secondary N) is 1. The van der Waals surface area contributed by atoms with Gasteiger partial charge < -0.3 is 5.32 Å². The van der Waals surface area contributed by atoms with E-state index in [9.17, 15) is 4.79 Å². The Labute approximate surface area is 82.4 Å². The molecule has 1 amide bonds. The number of fused-ring (bicyclic) bond motifs is 1. The van der Waals surface area contributed by atoms with Crippen LogP contribution in [0.1, 0.15) is 17.5 Å². The fourth-order valence-electron chi connectivity index (χ4n) is 1.62. The summed E-state index contributed by atoms with van der Waals surface area (Å²) in [6.45, 7) is 0. The Hall–Kier alpha value is -1.82. The third-order valence-corrected chi connectivity index (χ3v) is 2.35. The summed E-state index contributed by atoms with van der Waals surface area (Å²) in [6, 6.07) is 7.91. The van der Waals surface area contributed by atoms with Gasteiger partial charge in [-0.15, -0.1) is 0 Å². The van der Waals surface area contributed by atoms with Crippen LogP contribution in [0.5, 0.6) is 0 Å². The Balaban J connectivity index is 2.33. The number of nitriles is 1. The fourth-order valence-corrected chi connectivity index (χ4v) is 1.62. The van der Waals surface area contributed by atoms with Crippen LogP contribution in [0.25, 0.3) is 0 Å². The molecule has 0 aromatic heterocycles. The summed E-state index contributed by atoms with van der Waals surface area (Å²) < 4.78 is 0. The van der Waals surface area contributed by atoms with Crippen molar-refractivity contribution >= 4 is 11.6 Å². The molecule has 0 saturated carbocycles. The first kappa shape index (κ1) is 8.76. The minimum Gasteiger partial charge on any atom is -0.326 e. The highest BCUT2D eigenvalue weighted by molar-refractivity contribution is 5.93. The highest BCUT2D eigenvalue weighted by Gasteiger charge is 2.14. The van der Waals surface area contributed by atoms with E-state index in [1.165, 1.54) is 0 Å². The molecule has 1 N–H and O–H groups in total. The van der Waals surface area contributed by atoms with Crippen LogP contribution in [0.3, 0.4) is 0 Å². The number of carbonyl (C=O) groups is 1. The van der Waals surface area contributed by atoms with Gasteiger partial charge in [-0.3, -0.25) is 4.79 Å². The molecule has 0 radical (unpaired) electrons. The van der Waals surface area contributed by atoms with Crippen molar-refractivity contribution in [3.63, 3.8) is 0 Å². The third kappa shape index (κ3) is 1.60. The highest BCUT2D eigenvalue weighted by Crippen LogP contribution is 2.23. The molecular weight excluding hydrogens is 176 g/mol. The van der Waals surface area contributed by atoms with Crippen LogP contribution >= 0.6 is 0 Å². The summed E-state index contributed by atoms with van der Waals surface area (Å²) in [4.78, 5) is 11.1. The van der Waals surface area contributed by atoms with E-state index in [1.54, 1.807) is 0 Å². The zero-order valence-electron chi connectivity index (χ0n) is 7.71. The van der Waals surface area contributed by atoms with Gasteiger partial charge in [0.05, 0.1) is 12.5 Å². The zero-order valence-corrected chi connectivity index (χ0v) is 7.71. The minimum atomic E-state index is 0.0617. The maximum absolute atomic E-state index is 11.1. The number of carbonyl (C=O) groups excluding carboxylic acids is 1. The number of nitrogens with zero attached hydrogens (tertiary/aromatic N) is 1. The predicted molar refractivity (Wildman–Crippen MR) is 52.7 cm³/mol. The molecular formula is C11H10N2O. The molecule has 1 aliphatic heterocycles. The lowest BCUT2D eigenvalue weighted by molar-refractivity contribution is -0.116. The maximum atomic E-state index is 11.1. The quantitative estimate of drug-likeness (QED) is 0.724. The van der Waals surface area contributed by atoms with Crippen LogP contribution in [-0.4, -0.2) is 5.91 Å². The number of amides is 1. The zero-order chi connectivity index (χ0) is 9.97. The summed E-state index contributed by atoms with van der Waals surface area (Å²) in [7, 11) is 0. The Morgan fingerprint density at radius 3 is 3.07 bits per heavy atom. The van der Waals surface area contributed by atoms with Gasteiger partial charge in [-0.2, -0.15) is 5.26 Å². The second-order valence-corrected chi connectivity index (χ2v) is 3.37. The van der Waals surface area contributed by atoms with E-state index in [2.05, 4.69) is 11.4 Å². The van der Waals surface area contributed by atoms with Crippen LogP contribution in [0.15, 0.2) is 18.2 Å². The number of anilines is 1. The van der Waals surface area contributed by atoms with Crippen molar-refractivity contribution < 1.29 is 4.79 Å². The van der Waals surface area contributed by atoms with E-state index < -0.39 is 0 Å².